The summed E-state index contributed by atoms with van der Waals surface area (Å²) >= 11 is 0. The molecule has 1 saturated carbocycles. The maximum Gasteiger partial charge on any atom is 0.223 e. The van der Waals surface area contributed by atoms with E-state index in [4.69, 9.17) is 0 Å². The normalized spacial score (nSPS) is 21.1. The molecule has 0 unspecified atom stereocenters. The van der Waals surface area contributed by atoms with E-state index in [1.165, 1.54) is 12.1 Å². The molecule has 1 aromatic carbocycles. The molecule has 2 aliphatic carbocycles. The Morgan fingerprint density at radius 3 is 2.55 bits per heavy atom. The molecule has 2 nitrogen and oxygen atoms in total. The molecule has 0 aliphatic heterocycles. The smallest absolute Gasteiger partial charge is 0.223 e. The van der Waals surface area contributed by atoms with Crippen molar-refractivity contribution in [3.8, 4) is 0 Å². The van der Waals surface area contributed by atoms with Crippen LogP contribution in [0.4, 0.5) is 4.39 Å². The molecule has 2 aliphatic rings. The highest BCUT2D eigenvalue weighted by atomic mass is 19.1. The van der Waals surface area contributed by atoms with Gasteiger partial charge in [0.2, 0.25) is 5.91 Å². The number of benzene rings is 1. The van der Waals surface area contributed by atoms with Crippen LogP contribution in [0, 0.1) is 11.7 Å². The summed E-state index contributed by atoms with van der Waals surface area (Å²) in [5.41, 5.74) is 1.01. The first-order valence-electron chi connectivity index (χ1n) is 7.43. The van der Waals surface area contributed by atoms with Crippen LogP contribution >= 0.6 is 0 Å². The Labute approximate surface area is 119 Å². The summed E-state index contributed by atoms with van der Waals surface area (Å²) in [5.74, 6) is 0.430. The van der Waals surface area contributed by atoms with Crippen LogP contribution in [0.15, 0.2) is 36.4 Å². The minimum absolute atomic E-state index is 0.228. The number of amides is 1. The summed E-state index contributed by atoms with van der Waals surface area (Å²) in [7, 11) is 0. The number of allylic oxidation sites excluding steroid dienone is 2. The highest BCUT2D eigenvalue weighted by molar-refractivity contribution is 5.77. The van der Waals surface area contributed by atoms with E-state index in [0.717, 1.165) is 31.2 Å². The minimum atomic E-state index is -0.228. The molecule has 20 heavy (non-hydrogen) atoms. The van der Waals surface area contributed by atoms with Gasteiger partial charge in [-0.2, -0.15) is 0 Å². The lowest BCUT2D eigenvalue weighted by molar-refractivity contribution is -0.133. The summed E-state index contributed by atoms with van der Waals surface area (Å²) in [4.78, 5) is 14.5. The Balaban J connectivity index is 1.64. The van der Waals surface area contributed by atoms with Crippen molar-refractivity contribution in [2.75, 3.05) is 0 Å². The quantitative estimate of drug-likeness (QED) is 0.749. The van der Waals surface area contributed by atoms with Gasteiger partial charge in [0.05, 0.1) is 0 Å². The first-order chi connectivity index (χ1) is 9.72. The van der Waals surface area contributed by atoms with E-state index in [9.17, 15) is 9.18 Å². The first-order valence-corrected chi connectivity index (χ1v) is 7.43. The molecule has 3 rings (SSSR count). The van der Waals surface area contributed by atoms with E-state index in [1.54, 1.807) is 12.1 Å². The summed E-state index contributed by atoms with van der Waals surface area (Å²) in [6.07, 6.45) is 9.36. The number of hydrogen-bond acceptors (Lipinski definition) is 1. The van der Waals surface area contributed by atoms with Crippen LogP contribution in [0.2, 0.25) is 0 Å². The topological polar surface area (TPSA) is 20.3 Å². The van der Waals surface area contributed by atoms with Crippen molar-refractivity contribution in [2.45, 2.75) is 44.7 Å². The van der Waals surface area contributed by atoms with Gasteiger partial charge >= 0.3 is 0 Å². The Kier molecular flexibility index (Phi) is 3.86. The Morgan fingerprint density at radius 2 is 1.95 bits per heavy atom. The van der Waals surface area contributed by atoms with E-state index >= 15 is 0 Å². The van der Waals surface area contributed by atoms with Gasteiger partial charge in [-0.3, -0.25) is 4.79 Å². The third kappa shape index (κ3) is 3.27. The molecule has 1 amide bonds. The zero-order valence-electron chi connectivity index (χ0n) is 11.6. The molecular formula is C17H20FNO. The number of hydrogen-bond donors (Lipinski definition) is 0. The molecule has 0 bridgehead atoms. The van der Waals surface area contributed by atoms with Gasteiger partial charge < -0.3 is 4.90 Å². The van der Waals surface area contributed by atoms with Crippen molar-refractivity contribution < 1.29 is 9.18 Å². The average Bonchev–Trinajstić information content (AvgIpc) is 3.15. The van der Waals surface area contributed by atoms with Crippen LogP contribution in [-0.4, -0.2) is 16.8 Å². The van der Waals surface area contributed by atoms with E-state index in [1.807, 2.05) is 4.90 Å². The number of halogens is 1. The monoisotopic (exact) mass is 273 g/mol. The van der Waals surface area contributed by atoms with Crippen molar-refractivity contribution in [3.63, 3.8) is 0 Å². The zero-order chi connectivity index (χ0) is 13.9. The molecule has 0 saturated heterocycles. The molecule has 0 heterocycles. The molecule has 1 atom stereocenters. The fourth-order valence-electron chi connectivity index (χ4n) is 2.80. The maximum atomic E-state index is 12.9. The standard InChI is InChI=1S/C17H20FNO/c18-15-7-5-14(6-8-15)12-19(16-9-10-16)17(20)11-13-3-1-2-4-13/h1,3,5-8,13,16H,2,4,9-12H2/t13-/m1/s1. The minimum Gasteiger partial charge on any atom is -0.335 e. The molecule has 106 valence electrons. The first kappa shape index (κ1) is 13.3. The predicted molar refractivity (Wildman–Crippen MR) is 76.5 cm³/mol. The molecule has 0 radical (unpaired) electrons. The highest BCUT2D eigenvalue weighted by Crippen LogP contribution is 2.31. The third-order valence-corrected chi connectivity index (χ3v) is 4.12. The Bertz CT molecular complexity index is 504. The van der Waals surface area contributed by atoms with Gasteiger partial charge in [-0.05, 0) is 49.3 Å². The van der Waals surface area contributed by atoms with Gasteiger partial charge in [0.25, 0.3) is 0 Å². The van der Waals surface area contributed by atoms with Crippen molar-refractivity contribution in [1.82, 2.24) is 4.90 Å². The predicted octanol–water partition coefficient (Wildman–Crippen LogP) is 3.67. The van der Waals surface area contributed by atoms with Gasteiger partial charge in [-0.1, -0.05) is 24.3 Å². The molecule has 0 N–H and O–H groups in total. The number of carbonyl (C=O) groups is 1. The summed E-state index contributed by atoms with van der Waals surface area (Å²) < 4.78 is 12.9. The van der Waals surface area contributed by atoms with Gasteiger partial charge in [0, 0.05) is 19.0 Å². The number of nitrogens with zero attached hydrogens (tertiary/aromatic N) is 1. The molecule has 0 aromatic heterocycles. The summed E-state index contributed by atoms with van der Waals surface area (Å²) in [5, 5.41) is 0. The van der Waals surface area contributed by atoms with E-state index in [-0.39, 0.29) is 11.7 Å². The van der Waals surface area contributed by atoms with E-state index in [2.05, 4.69) is 12.2 Å². The van der Waals surface area contributed by atoms with E-state index in [0.29, 0.717) is 24.9 Å². The van der Waals surface area contributed by atoms with Crippen molar-refractivity contribution in [1.29, 1.82) is 0 Å². The number of rotatable bonds is 5. The van der Waals surface area contributed by atoms with Gasteiger partial charge in [0.1, 0.15) is 5.82 Å². The van der Waals surface area contributed by atoms with Crippen molar-refractivity contribution >= 4 is 5.91 Å². The average molecular weight is 273 g/mol. The second-order valence-electron chi connectivity index (χ2n) is 5.85. The fourth-order valence-corrected chi connectivity index (χ4v) is 2.80. The maximum absolute atomic E-state index is 12.9. The molecular weight excluding hydrogens is 253 g/mol. The summed E-state index contributed by atoms with van der Waals surface area (Å²) in [6.45, 7) is 0.611. The van der Waals surface area contributed by atoms with Crippen molar-refractivity contribution in [2.24, 2.45) is 5.92 Å². The molecule has 1 aromatic rings. The van der Waals surface area contributed by atoms with Gasteiger partial charge in [-0.25, -0.2) is 4.39 Å². The third-order valence-electron chi connectivity index (χ3n) is 4.12. The van der Waals surface area contributed by atoms with Crippen molar-refractivity contribution in [3.05, 3.63) is 47.8 Å². The van der Waals surface area contributed by atoms with Gasteiger partial charge in [-0.15, -0.1) is 0 Å². The Hall–Kier alpha value is -1.64. The SMILES string of the molecule is O=C(C[C@@H]1C=CCC1)N(Cc1ccc(F)cc1)C1CC1. The van der Waals surface area contributed by atoms with Crippen LogP contribution in [0.5, 0.6) is 0 Å². The van der Waals surface area contributed by atoms with Crippen LogP contribution in [0.25, 0.3) is 0 Å². The largest absolute Gasteiger partial charge is 0.335 e. The fraction of sp³-hybridized carbons (Fsp3) is 0.471. The second-order valence-corrected chi connectivity index (χ2v) is 5.85. The molecule has 1 fully saturated rings. The zero-order valence-corrected chi connectivity index (χ0v) is 11.6. The van der Waals surface area contributed by atoms with Crippen LogP contribution in [0.3, 0.4) is 0 Å². The summed E-state index contributed by atoms with van der Waals surface area (Å²) in [6, 6.07) is 6.87. The van der Waals surface area contributed by atoms with Crippen LogP contribution in [0.1, 0.15) is 37.7 Å². The highest BCUT2D eigenvalue weighted by Gasteiger charge is 2.33. The van der Waals surface area contributed by atoms with Gasteiger partial charge in [0.15, 0.2) is 0 Å². The Morgan fingerprint density at radius 1 is 1.20 bits per heavy atom. The molecule has 3 heteroatoms. The van der Waals surface area contributed by atoms with E-state index < -0.39 is 0 Å². The lowest BCUT2D eigenvalue weighted by Gasteiger charge is -2.24. The van der Waals surface area contributed by atoms with Crippen LogP contribution < -0.4 is 0 Å². The molecule has 0 spiro atoms. The second kappa shape index (κ2) is 5.78. The number of carbonyl (C=O) groups excluding carboxylic acids is 1. The lowest BCUT2D eigenvalue weighted by Crippen LogP contribution is -2.33. The van der Waals surface area contributed by atoms with Crippen LogP contribution in [-0.2, 0) is 11.3 Å². The lowest BCUT2D eigenvalue weighted by atomic mass is 10.0.